The number of rotatable bonds is 8. The van der Waals surface area contributed by atoms with Crippen molar-refractivity contribution in [2.45, 2.75) is 9.79 Å². The number of hydrogen-bond donors (Lipinski definition) is 2. The Bertz CT molecular complexity index is 1150. The van der Waals surface area contributed by atoms with Gasteiger partial charge in [0.2, 0.25) is 0 Å². The lowest BCUT2D eigenvalue weighted by Gasteiger charge is -2.09. The first-order valence-corrected chi connectivity index (χ1v) is 11.9. The zero-order valence-electron chi connectivity index (χ0n) is 16.6. The van der Waals surface area contributed by atoms with Gasteiger partial charge in [0.25, 0.3) is 15.9 Å². The summed E-state index contributed by atoms with van der Waals surface area (Å²) in [6.45, 7) is -0.460. The molecule has 0 saturated carbocycles. The van der Waals surface area contributed by atoms with Crippen molar-refractivity contribution in [3.8, 4) is 0 Å². The van der Waals surface area contributed by atoms with Gasteiger partial charge in [0.1, 0.15) is 0 Å². The third-order valence-corrected chi connectivity index (χ3v) is 6.28. The molecule has 31 heavy (non-hydrogen) atoms. The summed E-state index contributed by atoms with van der Waals surface area (Å²) in [7, 11) is -3.79. The van der Waals surface area contributed by atoms with E-state index in [-0.39, 0.29) is 10.5 Å². The molecule has 7 nitrogen and oxygen atoms in total. The Labute approximate surface area is 184 Å². The quantitative estimate of drug-likeness (QED) is 0.392. The highest BCUT2D eigenvalue weighted by Crippen LogP contribution is 2.18. The minimum atomic E-state index is -3.79. The highest BCUT2D eigenvalue weighted by molar-refractivity contribution is 7.98. The molecule has 3 aromatic carbocycles. The van der Waals surface area contributed by atoms with Gasteiger partial charge in [-0.2, -0.15) is 0 Å². The molecule has 9 heteroatoms. The van der Waals surface area contributed by atoms with Crippen LogP contribution in [0.2, 0.25) is 0 Å². The number of ether oxygens (including phenoxy) is 1. The Morgan fingerprint density at radius 3 is 2.13 bits per heavy atom. The summed E-state index contributed by atoms with van der Waals surface area (Å²) < 4.78 is 32.3. The molecule has 0 aliphatic heterocycles. The molecule has 0 radical (unpaired) electrons. The predicted octanol–water partition coefficient (Wildman–Crippen LogP) is 4.00. The van der Waals surface area contributed by atoms with Crippen LogP contribution in [0.15, 0.2) is 88.7 Å². The SMILES string of the molecule is CSc1ccc(NC(=O)COC(=O)c2ccc(S(=O)(=O)Nc3ccccc3)cc2)cc1. The van der Waals surface area contributed by atoms with E-state index < -0.39 is 28.5 Å². The minimum absolute atomic E-state index is 0.000615. The number of sulfonamides is 1. The third kappa shape index (κ3) is 6.34. The van der Waals surface area contributed by atoms with Crippen molar-refractivity contribution in [3.05, 3.63) is 84.4 Å². The van der Waals surface area contributed by atoms with Crippen LogP contribution in [-0.4, -0.2) is 33.2 Å². The fraction of sp³-hybridized carbons (Fsp3) is 0.0909. The van der Waals surface area contributed by atoms with Crippen LogP contribution in [0.25, 0.3) is 0 Å². The third-order valence-electron chi connectivity index (χ3n) is 4.13. The molecule has 3 rings (SSSR count). The standard InChI is InChI=1S/C22H20N2O5S2/c1-30-19-11-9-17(10-12-19)23-21(25)15-29-22(26)16-7-13-20(14-8-16)31(27,28)24-18-5-3-2-4-6-18/h2-14,24H,15H2,1H3,(H,23,25). The number of esters is 1. The van der Waals surface area contributed by atoms with Crippen molar-refractivity contribution in [1.82, 2.24) is 0 Å². The number of thioether (sulfide) groups is 1. The van der Waals surface area contributed by atoms with Crippen LogP contribution in [0.3, 0.4) is 0 Å². The lowest BCUT2D eigenvalue weighted by Crippen LogP contribution is -2.21. The van der Waals surface area contributed by atoms with Crippen LogP contribution in [0.1, 0.15) is 10.4 Å². The topological polar surface area (TPSA) is 102 Å². The first-order chi connectivity index (χ1) is 14.9. The van der Waals surface area contributed by atoms with Crippen molar-refractivity contribution in [3.63, 3.8) is 0 Å². The number of carbonyl (C=O) groups excluding carboxylic acids is 2. The Morgan fingerprint density at radius 1 is 0.871 bits per heavy atom. The molecule has 0 unspecified atom stereocenters. The number of para-hydroxylation sites is 1. The molecule has 0 aliphatic carbocycles. The van der Waals surface area contributed by atoms with Gasteiger partial charge < -0.3 is 10.1 Å². The van der Waals surface area contributed by atoms with E-state index in [4.69, 9.17) is 4.74 Å². The van der Waals surface area contributed by atoms with Gasteiger partial charge >= 0.3 is 5.97 Å². The fourth-order valence-corrected chi connectivity index (χ4v) is 4.04. The Morgan fingerprint density at radius 2 is 1.52 bits per heavy atom. The molecule has 0 atom stereocenters. The van der Waals surface area contributed by atoms with Gasteiger partial charge in [0.05, 0.1) is 10.5 Å². The van der Waals surface area contributed by atoms with E-state index in [2.05, 4.69) is 10.0 Å². The van der Waals surface area contributed by atoms with Crippen molar-refractivity contribution in [1.29, 1.82) is 0 Å². The maximum Gasteiger partial charge on any atom is 0.338 e. The van der Waals surface area contributed by atoms with Gasteiger partial charge in [-0.15, -0.1) is 11.8 Å². The summed E-state index contributed by atoms with van der Waals surface area (Å²) >= 11 is 1.59. The van der Waals surface area contributed by atoms with Gasteiger partial charge in [0, 0.05) is 16.3 Å². The summed E-state index contributed by atoms with van der Waals surface area (Å²) in [5, 5.41) is 2.64. The Hall–Kier alpha value is -3.30. The molecule has 0 fully saturated rings. The average molecular weight is 457 g/mol. The molecule has 0 aromatic heterocycles. The summed E-state index contributed by atoms with van der Waals surface area (Å²) in [5.41, 5.74) is 1.16. The number of amides is 1. The second-order valence-electron chi connectivity index (χ2n) is 6.35. The number of anilines is 2. The number of benzene rings is 3. The summed E-state index contributed by atoms with van der Waals surface area (Å²) in [4.78, 5) is 25.2. The maximum absolute atomic E-state index is 12.4. The zero-order valence-corrected chi connectivity index (χ0v) is 18.2. The second kappa shape index (κ2) is 10.1. The monoisotopic (exact) mass is 456 g/mol. The molecule has 0 bridgehead atoms. The number of hydrogen-bond acceptors (Lipinski definition) is 6. The second-order valence-corrected chi connectivity index (χ2v) is 8.91. The van der Waals surface area contributed by atoms with Crippen LogP contribution < -0.4 is 10.0 Å². The summed E-state index contributed by atoms with van der Waals surface area (Å²) in [6, 6.07) is 21.0. The summed E-state index contributed by atoms with van der Waals surface area (Å²) in [5.74, 6) is -1.20. The van der Waals surface area contributed by atoms with Gasteiger partial charge in [-0.05, 0) is 66.9 Å². The van der Waals surface area contributed by atoms with Crippen LogP contribution in [0.4, 0.5) is 11.4 Å². The maximum atomic E-state index is 12.4. The van der Waals surface area contributed by atoms with E-state index in [1.165, 1.54) is 24.3 Å². The van der Waals surface area contributed by atoms with Gasteiger partial charge in [-0.25, -0.2) is 13.2 Å². The van der Waals surface area contributed by atoms with E-state index in [1.54, 1.807) is 54.2 Å². The molecule has 160 valence electrons. The van der Waals surface area contributed by atoms with Gasteiger partial charge in [-0.1, -0.05) is 18.2 Å². The molecular weight excluding hydrogens is 436 g/mol. The lowest BCUT2D eigenvalue weighted by atomic mass is 10.2. The molecule has 0 aliphatic rings. The lowest BCUT2D eigenvalue weighted by molar-refractivity contribution is -0.119. The Balaban J connectivity index is 1.55. The molecule has 0 spiro atoms. The van der Waals surface area contributed by atoms with Crippen molar-refractivity contribution < 1.29 is 22.7 Å². The van der Waals surface area contributed by atoms with E-state index in [0.717, 1.165) is 4.90 Å². The number of nitrogens with one attached hydrogen (secondary N) is 2. The Kier molecular flexibility index (Phi) is 7.32. The molecule has 1 amide bonds. The molecule has 0 heterocycles. The smallest absolute Gasteiger partial charge is 0.338 e. The van der Waals surface area contributed by atoms with E-state index in [9.17, 15) is 18.0 Å². The van der Waals surface area contributed by atoms with Crippen LogP contribution >= 0.6 is 11.8 Å². The van der Waals surface area contributed by atoms with Crippen LogP contribution in [0, 0.1) is 0 Å². The van der Waals surface area contributed by atoms with E-state index in [0.29, 0.717) is 11.4 Å². The molecule has 0 saturated heterocycles. The normalized spacial score (nSPS) is 10.9. The molecule has 3 aromatic rings. The zero-order chi connectivity index (χ0) is 22.3. The highest BCUT2D eigenvalue weighted by atomic mass is 32.2. The largest absolute Gasteiger partial charge is 0.452 e. The summed E-state index contributed by atoms with van der Waals surface area (Å²) in [6.07, 6.45) is 1.95. The van der Waals surface area contributed by atoms with Crippen molar-refractivity contribution >= 4 is 45.0 Å². The van der Waals surface area contributed by atoms with Crippen LogP contribution in [-0.2, 0) is 19.6 Å². The van der Waals surface area contributed by atoms with E-state index >= 15 is 0 Å². The predicted molar refractivity (Wildman–Crippen MR) is 121 cm³/mol. The molecular formula is C22H20N2O5S2. The first kappa shape index (κ1) is 22.4. The average Bonchev–Trinajstić information content (AvgIpc) is 2.78. The minimum Gasteiger partial charge on any atom is -0.452 e. The highest BCUT2D eigenvalue weighted by Gasteiger charge is 2.16. The van der Waals surface area contributed by atoms with Crippen LogP contribution in [0.5, 0.6) is 0 Å². The first-order valence-electron chi connectivity index (χ1n) is 9.16. The number of carbonyl (C=O) groups is 2. The van der Waals surface area contributed by atoms with E-state index in [1.807, 2.05) is 18.4 Å². The van der Waals surface area contributed by atoms with Crippen molar-refractivity contribution in [2.24, 2.45) is 0 Å². The fourth-order valence-electron chi connectivity index (χ4n) is 2.58. The van der Waals surface area contributed by atoms with Gasteiger partial charge in [0.15, 0.2) is 6.61 Å². The molecule has 2 N–H and O–H groups in total. The van der Waals surface area contributed by atoms with Crippen molar-refractivity contribution in [2.75, 3.05) is 22.9 Å². The van der Waals surface area contributed by atoms with Gasteiger partial charge in [-0.3, -0.25) is 9.52 Å².